The lowest BCUT2D eigenvalue weighted by atomic mass is 10.0. The Hall–Kier alpha value is -1.26. The van der Waals surface area contributed by atoms with Gasteiger partial charge in [0.05, 0.1) is 0 Å². The predicted molar refractivity (Wildman–Crippen MR) is 63.1 cm³/mol. The second-order valence-electron chi connectivity index (χ2n) is 3.48. The Kier molecular flexibility index (Phi) is 4.82. The van der Waals surface area contributed by atoms with Gasteiger partial charge in [-0.25, -0.2) is 0 Å². The quantitative estimate of drug-likeness (QED) is 0.471. The molecule has 0 N–H and O–H groups in total. The minimum absolute atomic E-state index is 1.10. The van der Waals surface area contributed by atoms with Crippen LogP contribution in [0, 0.1) is 0 Å². The van der Waals surface area contributed by atoms with Crippen LogP contribution in [0.4, 0.5) is 0 Å². The van der Waals surface area contributed by atoms with Crippen LogP contribution in [0.15, 0.2) is 42.6 Å². The Morgan fingerprint density at radius 1 is 1.21 bits per heavy atom. The van der Waals surface area contributed by atoms with Gasteiger partial charge in [0.2, 0.25) is 0 Å². The lowest BCUT2D eigenvalue weighted by Gasteiger charge is -2.03. The highest BCUT2D eigenvalue weighted by Gasteiger charge is 1.98. The van der Waals surface area contributed by atoms with Crippen molar-refractivity contribution in [3.05, 3.63) is 48.2 Å². The van der Waals surface area contributed by atoms with Gasteiger partial charge < -0.3 is 0 Å². The van der Waals surface area contributed by atoms with Crippen molar-refractivity contribution in [3.63, 3.8) is 0 Å². The highest BCUT2D eigenvalue weighted by Crippen LogP contribution is 2.19. The summed E-state index contributed by atoms with van der Waals surface area (Å²) >= 11 is 0. The maximum absolute atomic E-state index is 3.75. The third-order valence-electron chi connectivity index (χ3n) is 2.37. The molecular formula is C14H18. The lowest BCUT2D eigenvalue weighted by Crippen LogP contribution is -1.83. The number of hydrogen-bond acceptors (Lipinski definition) is 0. The van der Waals surface area contributed by atoms with E-state index in [9.17, 15) is 0 Å². The van der Waals surface area contributed by atoms with Gasteiger partial charge in [0, 0.05) is 5.57 Å². The maximum Gasteiger partial charge on any atom is 0.000580 e. The Morgan fingerprint density at radius 3 is 2.50 bits per heavy atom. The molecule has 0 saturated heterocycles. The Labute approximate surface area is 87.0 Å². The van der Waals surface area contributed by atoms with Crippen molar-refractivity contribution in [1.29, 1.82) is 0 Å². The van der Waals surface area contributed by atoms with E-state index < -0.39 is 0 Å². The Bertz CT molecular complexity index is 302. The third-order valence-corrected chi connectivity index (χ3v) is 2.37. The molecule has 0 nitrogen and oxygen atoms in total. The minimum Gasteiger partial charge on any atom is -0.125 e. The van der Waals surface area contributed by atoms with Crippen LogP contribution in [0.25, 0.3) is 5.57 Å². The molecule has 0 radical (unpaired) electrons. The first-order chi connectivity index (χ1) is 6.88. The molecule has 0 fully saturated rings. The van der Waals surface area contributed by atoms with Crippen molar-refractivity contribution in [1.82, 2.24) is 0 Å². The van der Waals surface area contributed by atoms with Gasteiger partial charge in [-0.3, -0.25) is 0 Å². The van der Waals surface area contributed by atoms with E-state index in [0.29, 0.717) is 0 Å². The van der Waals surface area contributed by atoms with Crippen LogP contribution in [0.1, 0.15) is 38.2 Å². The van der Waals surface area contributed by atoms with E-state index in [4.69, 9.17) is 0 Å². The second-order valence-corrected chi connectivity index (χ2v) is 3.48. The van der Waals surface area contributed by atoms with Gasteiger partial charge in [-0.05, 0) is 18.4 Å². The summed E-state index contributed by atoms with van der Waals surface area (Å²) in [5, 5.41) is 0. The van der Waals surface area contributed by atoms with Crippen LogP contribution in [0.5, 0.6) is 0 Å². The predicted octanol–water partition coefficient (Wildman–Crippen LogP) is 4.44. The summed E-state index contributed by atoms with van der Waals surface area (Å²) in [5.41, 5.74) is 5.56. The molecule has 1 rings (SSSR count). The van der Waals surface area contributed by atoms with Crippen LogP contribution in [0.2, 0.25) is 0 Å². The molecule has 0 bridgehead atoms. The SMILES string of the molecule is C=C=C(CCCCC)c1ccccc1. The highest BCUT2D eigenvalue weighted by molar-refractivity contribution is 5.64. The summed E-state index contributed by atoms with van der Waals surface area (Å²) in [6, 6.07) is 10.4. The summed E-state index contributed by atoms with van der Waals surface area (Å²) in [6.07, 6.45) is 4.89. The average Bonchev–Trinajstić information content (AvgIpc) is 2.26. The van der Waals surface area contributed by atoms with E-state index in [-0.39, 0.29) is 0 Å². The van der Waals surface area contributed by atoms with E-state index in [1.54, 1.807) is 0 Å². The van der Waals surface area contributed by atoms with Crippen LogP contribution in [-0.2, 0) is 0 Å². The van der Waals surface area contributed by atoms with Gasteiger partial charge in [-0.15, -0.1) is 5.73 Å². The molecule has 0 spiro atoms. The van der Waals surface area contributed by atoms with Crippen molar-refractivity contribution in [3.8, 4) is 0 Å². The smallest absolute Gasteiger partial charge is 0.000580 e. The van der Waals surface area contributed by atoms with Crippen molar-refractivity contribution >= 4 is 5.57 Å². The molecule has 0 heterocycles. The molecule has 0 aromatic heterocycles. The number of rotatable bonds is 5. The summed E-state index contributed by atoms with van der Waals surface area (Å²) in [7, 11) is 0. The van der Waals surface area contributed by atoms with Gasteiger partial charge >= 0.3 is 0 Å². The van der Waals surface area contributed by atoms with Crippen molar-refractivity contribution in [2.75, 3.05) is 0 Å². The Morgan fingerprint density at radius 2 is 1.93 bits per heavy atom. The topological polar surface area (TPSA) is 0 Å². The summed E-state index contributed by atoms with van der Waals surface area (Å²) in [6.45, 7) is 5.98. The molecule has 0 aliphatic rings. The molecule has 0 unspecified atom stereocenters. The van der Waals surface area contributed by atoms with E-state index in [1.165, 1.54) is 30.4 Å². The zero-order valence-electron chi connectivity index (χ0n) is 8.92. The molecule has 0 heteroatoms. The van der Waals surface area contributed by atoms with Gasteiger partial charge in [0.1, 0.15) is 0 Å². The number of allylic oxidation sites excluding steroid dienone is 1. The molecular weight excluding hydrogens is 168 g/mol. The van der Waals surface area contributed by atoms with Gasteiger partial charge in [0.15, 0.2) is 0 Å². The average molecular weight is 186 g/mol. The highest BCUT2D eigenvalue weighted by atomic mass is 14.0. The van der Waals surface area contributed by atoms with Crippen molar-refractivity contribution < 1.29 is 0 Å². The summed E-state index contributed by atoms with van der Waals surface area (Å²) < 4.78 is 0. The van der Waals surface area contributed by atoms with E-state index in [0.717, 1.165) is 6.42 Å². The molecule has 0 aliphatic carbocycles. The number of unbranched alkanes of at least 4 members (excludes halogenated alkanes) is 2. The maximum atomic E-state index is 3.75. The summed E-state index contributed by atoms with van der Waals surface area (Å²) in [4.78, 5) is 0. The zero-order valence-corrected chi connectivity index (χ0v) is 8.92. The molecule has 1 aromatic rings. The molecule has 74 valence electrons. The first kappa shape index (κ1) is 10.8. The lowest BCUT2D eigenvalue weighted by molar-refractivity contribution is 0.735. The van der Waals surface area contributed by atoms with Crippen LogP contribution < -0.4 is 0 Å². The van der Waals surface area contributed by atoms with Crippen LogP contribution in [0.3, 0.4) is 0 Å². The van der Waals surface area contributed by atoms with E-state index in [1.807, 2.05) is 6.07 Å². The van der Waals surface area contributed by atoms with Crippen LogP contribution >= 0.6 is 0 Å². The van der Waals surface area contributed by atoms with Crippen molar-refractivity contribution in [2.45, 2.75) is 32.6 Å². The molecule has 0 amide bonds. The van der Waals surface area contributed by atoms with E-state index >= 15 is 0 Å². The fraction of sp³-hybridized carbons (Fsp3) is 0.357. The number of benzene rings is 1. The largest absolute Gasteiger partial charge is 0.125 e. The fourth-order valence-corrected chi connectivity index (χ4v) is 1.53. The molecule has 1 aromatic carbocycles. The van der Waals surface area contributed by atoms with E-state index in [2.05, 4.69) is 43.5 Å². The standard InChI is InChI=1S/C14H18/c1-3-5-7-10-13(4-2)14-11-8-6-9-12-14/h6,8-9,11-12H,2-3,5,7,10H2,1H3. The molecule has 0 atom stereocenters. The normalized spacial score (nSPS) is 9.50. The minimum atomic E-state index is 1.10. The first-order valence-electron chi connectivity index (χ1n) is 5.32. The molecule has 14 heavy (non-hydrogen) atoms. The summed E-state index contributed by atoms with van der Waals surface area (Å²) in [5.74, 6) is 0. The van der Waals surface area contributed by atoms with Crippen molar-refractivity contribution in [2.24, 2.45) is 0 Å². The van der Waals surface area contributed by atoms with Crippen LogP contribution in [-0.4, -0.2) is 0 Å². The van der Waals surface area contributed by atoms with Gasteiger partial charge in [-0.2, -0.15) is 0 Å². The zero-order chi connectivity index (χ0) is 10.2. The first-order valence-corrected chi connectivity index (χ1v) is 5.32. The monoisotopic (exact) mass is 186 g/mol. The third kappa shape index (κ3) is 3.24. The van der Waals surface area contributed by atoms with Gasteiger partial charge in [-0.1, -0.05) is 56.7 Å². The molecule has 0 saturated carbocycles. The fourth-order valence-electron chi connectivity index (χ4n) is 1.53. The number of hydrogen-bond donors (Lipinski definition) is 0. The second kappa shape index (κ2) is 6.23. The van der Waals surface area contributed by atoms with Gasteiger partial charge in [0.25, 0.3) is 0 Å². The Balaban J connectivity index is 2.61. The molecule has 0 aliphatic heterocycles.